The van der Waals surface area contributed by atoms with E-state index in [9.17, 15) is 4.79 Å². The van der Waals surface area contributed by atoms with Crippen LogP contribution in [0.5, 0.6) is 0 Å². The summed E-state index contributed by atoms with van der Waals surface area (Å²) in [5.74, 6) is 0. The molecular formula is C21H25N5OS. The van der Waals surface area contributed by atoms with Crippen LogP contribution < -0.4 is 15.5 Å². The molecule has 7 heteroatoms. The van der Waals surface area contributed by atoms with E-state index in [4.69, 9.17) is 0 Å². The van der Waals surface area contributed by atoms with Crippen LogP contribution in [-0.2, 0) is 0 Å². The van der Waals surface area contributed by atoms with Crippen LogP contribution in [0.4, 0.5) is 15.6 Å². The lowest BCUT2D eigenvalue weighted by Gasteiger charge is -2.39. The van der Waals surface area contributed by atoms with Crippen molar-refractivity contribution < 1.29 is 4.79 Å². The van der Waals surface area contributed by atoms with Gasteiger partial charge in [-0.25, -0.2) is 9.78 Å². The van der Waals surface area contributed by atoms with Gasteiger partial charge in [0.1, 0.15) is 0 Å². The average Bonchev–Trinajstić information content (AvgIpc) is 3.15. The Labute approximate surface area is 169 Å². The number of carbonyl (C=O) groups excluding carboxylic acids is 1. The molecule has 1 atom stereocenters. The molecule has 1 aromatic heterocycles. The maximum Gasteiger partial charge on any atom is 0.321 e. The van der Waals surface area contributed by atoms with Gasteiger partial charge in [0.25, 0.3) is 0 Å². The number of rotatable bonds is 5. The van der Waals surface area contributed by atoms with Crippen molar-refractivity contribution in [3.05, 3.63) is 54.6 Å². The molecule has 2 amide bonds. The number of nitrogens with one attached hydrogen (secondary N) is 2. The number of aromatic nitrogens is 1. The first-order valence-electron chi connectivity index (χ1n) is 9.63. The summed E-state index contributed by atoms with van der Waals surface area (Å²) in [6.07, 6.45) is 0. The number of amides is 2. The number of hydrogen-bond acceptors (Lipinski definition) is 5. The topological polar surface area (TPSA) is 60.5 Å². The van der Waals surface area contributed by atoms with Gasteiger partial charge in [-0.05, 0) is 31.2 Å². The predicted molar refractivity (Wildman–Crippen MR) is 116 cm³/mol. The summed E-state index contributed by atoms with van der Waals surface area (Å²) in [4.78, 5) is 21.5. The fourth-order valence-electron chi connectivity index (χ4n) is 3.50. The predicted octanol–water partition coefficient (Wildman–Crippen LogP) is 3.63. The first kappa shape index (κ1) is 18.7. The van der Waals surface area contributed by atoms with Crippen LogP contribution in [0, 0.1) is 0 Å². The van der Waals surface area contributed by atoms with Crippen LogP contribution in [-0.4, -0.2) is 54.7 Å². The van der Waals surface area contributed by atoms with Crippen LogP contribution in [0.1, 0.15) is 6.92 Å². The highest BCUT2D eigenvalue weighted by atomic mass is 32.1. The summed E-state index contributed by atoms with van der Waals surface area (Å²) in [6.45, 7) is 6.78. The number of piperazine rings is 1. The second-order valence-electron chi connectivity index (χ2n) is 7.03. The third-order valence-electron chi connectivity index (χ3n) is 5.13. The molecule has 3 aromatic rings. The van der Waals surface area contributed by atoms with E-state index < -0.39 is 0 Å². The molecule has 146 valence electrons. The first-order valence-corrected chi connectivity index (χ1v) is 10.4. The van der Waals surface area contributed by atoms with Gasteiger partial charge in [-0.1, -0.05) is 41.7 Å². The van der Waals surface area contributed by atoms with Crippen LogP contribution >= 0.6 is 11.3 Å². The number of anilines is 2. The molecule has 1 saturated heterocycles. The quantitative estimate of drug-likeness (QED) is 0.693. The van der Waals surface area contributed by atoms with Crippen molar-refractivity contribution >= 4 is 38.4 Å². The summed E-state index contributed by atoms with van der Waals surface area (Å²) in [6, 6.07) is 18.5. The van der Waals surface area contributed by atoms with E-state index in [-0.39, 0.29) is 6.03 Å². The molecule has 2 N–H and O–H groups in total. The van der Waals surface area contributed by atoms with E-state index in [1.807, 2.05) is 30.3 Å². The van der Waals surface area contributed by atoms with E-state index in [1.165, 1.54) is 17.0 Å². The monoisotopic (exact) mass is 395 g/mol. The fraction of sp³-hybridized carbons (Fsp3) is 0.333. The van der Waals surface area contributed by atoms with Gasteiger partial charge < -0.3 is 10.2 Å². The van der Waals surface area contributed by atoms with Gasteiger partial charge in [-0.3, -0.25) is 10.2 Å². The Bertz CT molecular complexity index is 888. The van der Waals surface area contributed by atoms with Crippen molar-refractivity contribution in [1.29, 1.82) is 0 Å². The average molecular weight is 396 g/mol. The lowest BCUT2D eigenvalue weighted by molar-refractivity contribution is 0.192. The lowest BCUT2D eigenvalue weighted by atomic mass is 10.2. The Kier molecular flexibility index (Phi) is 5.73. The van der Waals surface area contributed by atoms with Gasteiger partial charge in [-0.2, -0.15) is 0 Å². The molecule has 1 aliphatic rings. The Balaban J connectivity index is 1.23. The van der Waals surface area contributed by atoms with Crippen molar-refractivity contribution in [2.45, 2.75) is 13.0 Å². The van der Waals surface area contributed by atoms with E-state index in [2.05, 4.69) is 56.6 Å². The van der Waals surface area contributed by atoms with Crippen LogP contribution in [0.2, 0.25) is 0 Å². The van der Waals surface area contributed by atoms with Crippen molar-refractivity contribution in [1.82, 2.24) is 15.2 Å². The zero-order chi connectivity index (χ0) is 19.3. The van der Waals surface area contributed by atoms with Crippen molar-refractivity contribution in [3.63, 3.8) is 0 Å². The highest BCUT2D eigenvalue weighted by Crippen LogP contribution is 2.25. The van der Waals surface area contributed by atoms with Gasteiger partial charge in [0.15, 0.2) is 5.13 Å². The molecule has 0 radical (unpaired) electrons. The number of nitrogens with zero attached hydrogens (tertiary/aromatic N) is 3. The third kappa shape index (κ3) is 4.43. The van der Waals surface area contributed by atoms with E-state index in [1.54, 1.807) is 0 Å². The molecule has 6 nitrogen and oxygen atoms in total. The molecule has 0 spiro atoms. The number of benzene rings is 2. The normalized spacial score (nSPS) is 16.1. The minimum atomic E-state index is -0.200. The summed E-state index contributed by atoms with van der Waals surface area (Å²) in [5.41, 5.74) is 2.19. The summed E-state index contributed by atoms with van der Waals surface area (Å²) < 4.78 is 1.07. The molecule has 0 aliphatic carbocycles. The molecule has 1 fully saturated rings. The van der Waals surface area contributed by atoms with Crippen molar-refractivity contribution in [2.24, 2.45) is 0 Å². The van der Waals surface area contributed by atoms with Crippen LogP contribution in [0.3, 0.4) is 0 Å². The summed E-state index contributed by atoms with van der Waals surface area (Å²) in [5, 5.41) is 6.45. The number of fused-ring (bicyclic) bond motifs is 1. The molecule has 1 aliphatic heterocycles. The fourth-order valence-corrected chi connectivity index (χ4v) is 4.36. The van der Waals surface area contributed by atoms with Crippen molar-refractivity contribution in [2.75, 3.05) is 42.9 Å². The van der Waals surface area contributed by atoms with E-state index in [0.717, 1.165) is 36.4 Å². The second kappa shape index (κ2) is 8.58. The third-order valence-corrected chi connectivity index (χ3v) is 6.08. The molecule has 28 heavy (non-hydrogen) atoms. The lowest BCUT2D eigenvalue weighted by Crippen LogP contribution is -2.52. The van der Waals surface area contributed by atoms with Crippen LogP contribution in [0.25, 0.3) is 10.2 Å². The number of para-hydroxylation sites is 2. The molecule has 2 aromatic carbocycles. The number of thiazole rings is 1. The molecule has 0 saturated carbocycles. The first-order chi connectivity index (χ1) is 13.7. The Morgan fingerprint density at radius 2 is 1.79 bits per heavy atom. The van der Waals surface area contributed by atoms with Gasteiger partial charge in [0, 0.05) is 44.5 Å². The second-order valence-corrected chi connectivity index (χ2v) is 8.06. The van der Waals surface area contributed by atoms with Gasteiger partial charge in [0.05, 0.1) is 10.2 Å². The number of carbonyl (C=O) groups is 1. The minimum Gasteiger partial charge on any atom is -0.369 e. The number of urea groups is 1. The Hall–Kier alpha value is -2.64. The molecule has 2 heterocycles. The van der Waals surface area contributed by atoms with E-state index >= 15 is 0 Å². The standard InChI is InChI=1S/C21H25N5OS/c1-16(25-11-13-26(14-12-25)17-7-3-2-4-8-17)15-22-20(27)24-21-23-18-9-5-6-10-19(18)28-21/h2-10,16H,11-15H2,1H3,(H2,22,23,24,27). The SMILES string of the molecule is CC(CNC(=O)Nc1nc2ccccc2s1)N1CCN(c2ccccc2)CC1. The molecule has 4 rings (SSSR count). The Morgan fingerprint density at radius 3 is 2.54 bits per heavy atom. The maximum atomic E-state index is 12.2. The molecule has 0 bridgehead atoms. The zero-order valence-electron chi connectivity index (χ0n) is 16.0. The van der Waals surface area contributed by atoms with Crippen LogP contribution in [0.15, 0.2) is 54.6 Å². The van der Waals surface area contributed by atoms with Crippen molar-refractivity contribution in [3.8, 4) is 0 Å². The van der Waals surface area contributed by atoms with Gasteiger partial charge >= 0.3 is 6.03 Å². The van der Waals surface area contributed by atoms with E-state index in [0.29, 0.717) is 17.7 Å². The maximum absolute atomic E-state index is 12.2. The van der Waals surface area contributed by atoms with Gasteiger partial charge in [-0.15, -0.1) is 0 Å². The minimum absolute atomic E-state index is 0.200. The molecular weight excluding hydrogens is 370 g/mol. The highest BCUT2D eigenvalue weighted by molar-refractivity contribution is 7.22. The number of hydrogen-bond donors (Lipinski definition) is 2. The summed E-state index contributed by atoms with van der Waals surface area (Å²) in [7, 11) is 0. The summed E-state index contributed by atoms with van der Waals surface area (Å²) >= 11 is 1.49. The Morgan fingerprint density at radius 1 is 1.07 bits per heavy atom. The zero-order valence-corrected chi connectivity index (χ0v) is 16.8. The largest absolute Gasteiger partial charge is 0.369 e. The molecule has 1 unspecified atom stereocenters. The van der Waals surface area contributed by atoms with Gasteiger partial charge in [0.2, 0.25) is 0 Å². The highest BCUT2D eigenvalue weighted by Gasteiger charge is 2.21. The smallest absolute Gasteiger partial charge is 0.321 e.